The number of anilines is 1. The maximum Gasteiger partial charge on any atom is 0.225 e. The average molecular weight is 432 g/mol. The van der Waals surface area contributed by atoms with Gasteiger partial charge in [0.05, 0.1) is 23.0 Å². The molecular weight excluding hydrogens is 413 g/mol. The van der Waals surface area contributed by atoms with Crippen molar-refractivity contribution in [2.45, 2.75) is 19.8 Å². The Morgan fingerprint density at radius 3 is 2.63 bits per heavy atom. The third-order valence-corrected chi connectivity index (χ3v) is 4.65. The summed E-state index contributed by atoms with van der Waals surface area (Å²) in [6, 6.07) is 13.5. The molecule has 0 spiro atoms. The number of halogens is 2. The Morgan fingerprint density at radius 1 is 1.22 bits per heavy atom. The van der Waals surface area contributed by atoms with Gasteiger partial charge in [0.25, 0.3) is 0 Å². The summed E-state index contributed by atoms with van der Waals surface area (Å²) < 4.78 is 20.8. The third kappa shape index (κ3) is 4.74. The molecule has 140 valence electrons. The molecule has 0 unspecified atom stereocenters. The highest BCUT2D eigenvalue weighted by Crippen LogP contribution is 2.26. The zero-order valence-corrected chi connectivity index (χ0v) is 16.6. The number of carbonyl (C=O) groups excluding carboxylic acids is 1. The normalized spacial score (nSPS) is 10.7. The lowest BCUT2D eigenvalue weighted by Crippen LogP contribution is -2.15. The van der Waals surface area contributed by atoms with Crippen LogP contribution in [0.4, 0.5) is 10.2 Å². The van der Waals surface area contributed by atoms with Crippen LogP contribution < -0.4 is 10.1 Å². The highest BCUT2D eigenvalue weighted by Gasteiger charge is 2.12. The van der Waals surface area contributed by atoms with Crippen molar-refractivity contribution in [3.63, 3.8) is 0 Å². The fraction of sp³-hybridized carbons (Fsp3) is 0.200. The molecule has 0 aliphatic rings. The summed E-state index contributed by atoms with van der Waals surface area (Å²) >= 11 is 3.45. The molecule has 0 aliphatic heterocycles. The number of methoxy groups -OCH3 is 1. The summed E-state index contributed by atoms with van der Waals surface area (Å²) in [5, 5.41) is 7.26. The standard InChI is InChI=1S/C20H19BrFN3O2/c1-13-11-19(25(24-13)16-7-5-15(22)6-8-16)23-20(26)10-4-14-3-9-18(27-2)17(21)12-14/h3,5-9,11-12H,4,10H2,1-2H3,(H,23,26). The zero-order valence-electron chi connectivity index (χ0n) is 15.0. The van der Waals surface area contributed by atoms with E-state index < -0.39 is 0 Å². The Bertz CT molecular complexity index is 954. The van der Waals surface area contributed by atoms with Crippen molar-refractivity contribution < 1.29 is 13.9 Å². The minimum absolute atomic E-state index is 0.120. The lowest BCUT2D eigenvalue weighted by Gasteiger charge is -2.10. The number of nitrogens with zero attached hydrogens (tertiary/aromatic N) is 2. The minimum atomic E-state index is -0.320. The molecule has 7 heteroatoms. The molecule has 0 radical (unpaired) electrons. The van der Waals surface area contributed by atoms with Gasteiger partial charge in [0.2, 0.25) is 5.91 Å². The second-order valence-corrected chi connectivity index (χ2v) is 6.93. The van der Waals surface area contributed by atoms with E-state index in [1.165, 1.54) is 12.1 Å². The van der Waals surface area contributed by atoms with E-state index in [-0.39, 0.29) is 11.7 Å². The Hall–Kier alpha value is -2.67. The molecule has 0 saturated heterocycles. The van der Waals surface area contributed by atoms with Crippen molar-refractivity contribution in [2.75, 3.05) is 12.4 Å². The van der Waals surface area contributed by atoms with Crippen LogP contribution in [0.1, 0.15) is 17.7 Å². The van der Waals surface area contributed by atoms with E-state index >= 15 is 0 Å². The highest BCUT2D eigenvalue weighted by atomic mass is 79.9. The van der Waals surface area contributed by atoms with Crippen molar-refractivity contribution >= 4 is 27.7 Å². The van der Waals surface area contributed by atoms with Crippen LogP contribution in [-0.4, -0.2) is 22.8 Å². The van der Waals surface area contributed by atoms with E-state index in [9.17, 15) is 9.18 Å². The molecule has 5 nitrogen and oxygen atoms in total. The molecule has 3 aromatic rings. The maximum atomic E-state index is 13.1. The molecule has 2 aromatic carbocycles. The monoisotopic (exact) mass is 431 g/mol. The number of amides is 1. The number of hydrogen-bond donors (Lipinski definition) is 1. The third-order valence-electron chi connectivity index (χ3n) is 4.03. The van der Waals surface area contributed by atoms with Gasteiger partial charge in [-0.3, -0.25) is 4.79 Å². The summed E-state index contributed by atoms with van der Waals surface area (Å²) in [5.74, 6) is 0.867. The fourth-order valence-corrected chi connectivity index (χ4v) is 3.28. The van der Waals surface area contributed by atoms with Crippen molar-refractivity contribution in [1.82, 2.24) is 9.78 Å². The predicted molar refractivity (Wildman–Crippen MR) is 106 cm³/mol. The van der Waals surface area contributed by atoms with Gasteiger partial charge in [-0.15, -0.1) is 0 Å². The Kier molecular flexibility index (Phi) is 5.91. The van der Waals surface area contributed by atoms with Gasteiger partial charge >= 0.3 is 0 Å². The number of aryl methyl sites for hydroxylation is 2. The molecule has 0 atom stereocenters. The van der Waals surface area contributed by atoms with E-state index in [1.54, 1.807) is 30.0 Å². The second-order valence-electron chi connectivity index (χ2n) is 6.08. The Balaban J connectivity index is 1.68. The number of rotatable bonds is 6. The van der Waals surface area contributed by atoms with Gasteiger partial charge in [0.1, 0.15) is 17.4 Å². The van der Waals surface area contributed by atoms with Gasteiger partial charge in [-0.25, -0.2) is 9.07 Å². The first-order chi connectivity index (χ1) is 13.0. The Morgan fingerprint density at radius 2 is 1.96 bits per heavy atom. The van der Waals surface area contributed by atoms with Crippen LogP contribution in [0.2, 0.25) is 0 Å². The van der Waals surface area contributed by atoms with Crippen LogP contribution >= 0.6 is 15.9 Å². The number of benzene rings is 2. The van der Waals surface area contributed by atoms with Crippen molar-refractivity contribution in [3.8, 4) is 11.4 Å². The maximum absolute atomic E-state index is 13.1. The van der Waals surface area contributed by atoms with Gasteiger partial charge in [0, 0.05) is 12.5 Å². The predicted octanol–water partition coefficient (Wildman–Crippen LogP) is 4.66. The molecule has 1 N–H and O–H groups in total. The van der Waals surface area contributed by atoms with E-state index in [2.05, 4.69) is 26.3 Å². The lowest BCUT2D eigenvalue weighted by atomic mass is 10.1. The average Bonchev–Trinajstić information content (AvgIpc) is 3.01. The Labute approximate surface area is 165 Å². The van der Waals surface area contributed by atoms with Crippen LogP contribution in [0.5, 0.6) is 5.75 Å². The molecule has 1 amide bonds. The lowest BCUT2D eigenvalue weighted by molar-refractivity contribution is -0.116. The number of nitrogens with one attached hydrogen (secondary N) is 1. The van der Waals surface area contributed by atoms with E-state index in [0.29, 0.717) is 24.3 Å². The fourth-order valence-electron chi connectivity index (χ4n) is 2.70. The van der Waals surface area contributed by atoms with E-state index in [1.807, 2.05) is 25.1 Å². The summed E-state index contributed by atoms with van der Waals surface area (Å²) in [6.45, 7) is 1.84. The van der Waals surface area contributed by atoms with Crippen molar-refractivity contribution in [2.24, 2.45) is 0 Å². The van der Waals surface area contributed by atoms with Crippen LogP contribution in [0, 0.1) is 12.7 Å². The van der Waals surface area contributed by atoms with E-state index in [4.69, 9.17) is 4.74 Å². The van der Waals surface area contributed by atoms with Gasteiger partial charge in [0.15, 0.2) is 0 Å². The van der Waals surface area contributed by atoms with Crippen LogP contribution in [0.25, 0.3) is 5.69 Å². The molecule has 0 aliphatic carbocycles. The van der Waals surface area contributed by atoms with Crippen molar-refractivity contribution in [3.05, 3.63) is 70.1 Å². The van der Waals surface area contributed by atoms with Crippen LogP contribution in [-0.2, 0) is 11.2 Å². The largest absolute Gasteiger partial charge is 0.496 e. The zero-order chi connectivity index (χ0) is 19.4. The van der Waals surface area contributed by atoms with Gasteiger partial charge in [-0.05, 0) is 71.2 Å². The minimum Gasteiger partial charge on any atom is -0.496 e. The molecule has 1 aromatic heterocycles. The molecular formula is C20H19BrFN3O2. The number of carbonyl (C=O) groups is 1. The van der Waals surface area contributed by atoms with Gasteiger partial charge in [-0.1, -0.05) is 6.07 Å². The molecule has 3 rings (SSSR count). The number of ether oxygens (including phenoxy) is 1. The first-order valence-electron chi connectivity index (χ1n) is 8.41. The number of hydrogen-bond acceptors (Lipinski definition) is 3. The smallest absolute Gasteiger partial charge is 0.225 e. The first-order valence-corrected chi connectivity index (χ1v) is 9.20. The molecule has 1 heterocycles. The summed E-state index contributed by atoms with van der Waals surface area (Å²) in [5.41, 5.74) is 2.47. The number of aromatic nitrogens is 2. The van der Waals surface area contributed by atoms with Gasteiger partial charge < -0.3 is 10.1 Å². The van der Waals surface area contributed by atoms with E-state index in [0.717, 1.165) is 21.5 Å². The molecule has 27 heavy (non-hydrogen) atoms. The summed E-state index contributed by atoms with van der Waals surface area (Å²) in [4.78, 5) is 12.4. The first kappa shape index (κ1) is 19.1. The molecule has 0 fully saturated rings. The highest BCUT2D eigenvalue weighted by molar-refractivity contribution is 9.10. The van der Waals surface area contributed by atoms with Crippen LogP contribution in [0.15, 0.2) is 53.0 Å². The topological polar surface area (TPSA) is 56.1 Å². The van der Waals surface area contributed by atoms with Gasteiger partial charge in [-0.2, -0.15) is 5.10 Å². The molecule has 0 bridgehead atoms. The summed E-state index contributed by atoms with van der Waals surface area (Å²) in [7, 11) is 1.61. The quantitative estimate of drug-likeness (QED) is 0.617. The molecule has 0 saturated carbocycles. The SMILES string of the molecule is COc1ccc(CCC(=O)Nc2cc(C)nn2-c2ccc(F)cc2)cc1Br. The van der Waals surface area contributed by atoms with Crippen LogP contribution in [0.3, 0.4) is 0 Å². The summed E-state index contributed by atoms with van der Waals surface area (Å²) in [6.07, 6.45) is 0.921. The second kappa shape index (κ2) is 8.35. The van der Waals surface area contributed by atoms with Crippen molar-refractivity contribution in [1.29, 1.82) is 0 Å².